The molecule has 1 saturated heterocycles. The molecule has 0 bridgehead atoms. The number of sulfone groups is 1. The maximum absolute atomic E-state index is 13.2. The molecule has 1 heterocycles. The number of benzene rings is 1. The number of hydrogen-bond donors (Lipinski definition) is 0. The van der Waals surface area contributed by atoms with Crippen molar-refractivity contribution in [2.24, 2.45) is 0 Å². The quantitative estimate of drug-likeness (QED) is 0.693. The fraction of sp³-hybridized carbons (Fsp3) is 0.667. The van der Waals surface area contributed by atoms with E-state index in [1.165, 1.54) is 6.42 Å². The summed E-state index contributed by atoms with van der Waals surface area (Å²) in [6, 6.07) is 7.87. The Balaban J connectivity index is 1.67. The van der Waals surface area contributed by atoms with Gasteiger partial charge < -0.3 is 9.64 Å². The van der Waals surface area contributed by atoms with Crippen molar-refractivity contribution in [2.75, 3.05) is 32.2 Å². The van der Waals surface area contributed by atoms with Crippen LogP contribution in [-0.4, -0.2) is 68.4 Å². The predicted molar refractivity (Wildman–Crippen MR) is 110 cm³/mol. The lowest BCUT2D eigenvalue weighted by Crippen LogP contribution is -2.51. The standard InChI is InChI=1S/C21H32N2O4S/c1-22(14-17-7-6-10-20(13-17)27-2)15-21(24)23(18-8-4-3-5-9-18)19-11-12-28(25,26)16-19/h6-7,10,13,18-19H,3-5,8-9,11-12,14-16H2,1-2H3. The monoisotopic (exact) mass is 408 g/mol. The highest BCUT2D eigenvalue weighted by Gasteiger charge is 2.38. The third-order valence-electron chi connectivity index (χ3n) is 5.85. The van der Waals surface area contributed by atoms with Crippen molar-refractivity contribution >= 4 is 15.7 Å². The number of carbonyl (C=O) groups excluding carboxylic acids is 1. The van der Waals surface area contributed by atoms with E-state index in [1.54, 1.807) is 7.11 Å². The number of amides is 1. The molecule has 1 saturated carbocycles. The Kier molecular flexibility index (Phi) is 6.99. The Labute approximate surface area is 168 Å². The topological polar surface area (TPSA) is 66.9 Å². The van der Waals surface area contributed by atoms with Gasteiger partial charge in [-0.05, 0) is 44.0 Å². The molecule has 2 fully saturated rings. The highest BCUT2D eigenvalue weighted by Crippen LogP contribution is 2.28. The summed E-state index contributed by atoms with van der Waals surface area (Å²) in [5.41, 5.74) is 1.09. The van der Waals surface area contributed by atoms with E-state index in [0.29, 0.717) is 19.5 Å². The van der Waals surface area contributed by atoms with Crippen LogP contribution in [-0.2, 0) is 21.2 Å². The van der Waals surface area contributed by atoms with E-state index < -0.39 is 9.84 Å². The van der Waals surface area contributed by atoms with Crippen LogP contribution >= 0.6 is 0 Å². The zero-order chi connectivity index (χ0) is 20.1. The summed E-state index contributed by atoms with van der Waals surface area (Å²) in [5.74, 6) is 1.18. The molecular formula is C21H32N2O4S. The van der Waals surface area contributed by atoms with Gasteiger partial charge in [0.25, 0.3) is 0 Å². The third kappa shape index (κ3) is 5.47. The van der Waals surface area contributed by atoms with Crippen molar-refractivity contribution in [3.05, 3.63) is 29.8 Å². The molecular weight excluding hydrogens is 376 g/mol. The summed E-state index contributed by atoms with van der Waals surface area (Å²) in [6.45, 7) is 0.939. The summed E-state index contributed by atoms with van der Waals surface area (Å²) in [7, 11) is 0.556. The molecule has 1 atom stereocenters. The smallest absolute Gasteiger partial charge is 0.237 e. The van der Waals surface area contributed by atoms with Gasteiger partial charge in [0.15, 0.2) is 9.84 Å². The van der Waals surface area contributed by atoms with Crippen molar-refractivity contribution in [1.29, 1.82) is 0 Å². The van der Waals surface area contributed by atoms with E-state index in [2.05, 4.69) is 0 Å². The molecule has 1 aliphatic carbocycles. The van der Waals surface area contributed by atoms with Gasteiger partial charge in [0.1, 0.15) is 5.75 Å². The molecule has 0 aromatic heterocycles. The third-order valence-corrected chi connectivity index (χ3v) is 7.60. The largest absolute Gasteiger partial charge is 0.497 e. The number of hydrogen-bond acceptors (Lipinski definition) is 5. The Morgan fingerprint density at radius 3 is 2.54 bits per heavy atom. The maximum Gasteiger partial charge on any atom is 0.237 e. The first kappa shape index (κ1) is 21.1. The molecule has 1 aliphatic heterocycles. The first-order valence-corrected chi connectivity index (χ1v) is 12.0. The summed E-state index contributed by atoms with van der Waals surface area (Å²) in [6.07, 6.45) is 5.99. The summed E-state index contributed by atoms with van der Waals surface area (Å²) in [5, 5.41) is 0. The molecule has 6 nitrogen and oxygen atoms in total. The minimum Gasteiger partial charge on any atom is -0.497 e. The van der Waals surface area contributed by atoms with Crippen LogP contribution in [0.3, 0.4) is 0 Å². The molecule has 28 heavy (non-hydrogen) atoms. The zero-order valence-corrected chi connectivity index (χ0v) is 17.8. The Bertz CT molecular complexity index is 774. The van der Waals surface area contributed by atoms with Gasteiger partial charge in [0.05, 0.1) is 25.2 Å². The summed E-state index contributed by atoms with van der Waals surface area (Å²) < 4.78 is 29.3. The van der Waals surface area contributed by atoms with Crippen LogP contribution in [0.5, 0.6) is 5.75 Å². The van der Waals surface area contributed by atoms with Gasteiger partial charge in [0, 0.05) is 18.6 Å². The number of likely N-dealkylation sites (N-methyl/N-ethyl adjacent to an activating group) is 1. The van der Waals surface area contributed by atoms with Crippen molar-refractivity contribution in [1.82, 2.24) is 9.80 Å². The van der Waals surface area contributed by atoms with Crippen LogP contribution in [0.25, 0.3) is 0 Å². The van der Waals surface area contributed by atoms with Gasteiger partial charge in [-0.1, -0.05) is 31.4 Å². The first-order chi connectivity index (χ1) is 13.4. The van der Waals surface area contributed by atoms with Gasteiger partial charge in [-0.3, -0.25) is 9.69 Å². The van der Waals surface area contributed by atoms with Crippen molar-refractivity contribution < 1.29 is 17.9 Å². The molecule has 0 radical (unpaired) electrons. The van der Waals surface area contributed by atoms with Crippen LogP contribution < -0.4 is 4.74 Å². The number of methoxy groups -OCH3 is 1. The summed E-state index contributed by atoms with van der Waals surface area (Å²) >= 11 is 0. The van der Waals surface area contributed by atoms with Crippen LogP contribution in [0.2, 0.25) is 0 Å². The minimum absolute atomic E-state index is 0.0550. The van der Waals surface area contributed by atoms with Gasteiger partial charge in [-0.15, -0.1) is 0 Å². The number of ether oxygens (including phenoxy) is 1. The lowest BCUT2D eigenvalue weighted by atomic mass is 9.93. The van der Waals surface area contributed by atoms with E-state index in [1.807, 2.05) is 41.1 Å². The molecule has 1 aromatic rings. The minimum atomic E-state index is -3.02. The SMILES string of the molecule is COc1cccc(CN(C)CC(=O)N(C2CCCCC2)C2CCS(=O)(=O)C2)c1. The molecule has 3 rings (SSSR count). The second kappa shape index (κ2) is 9.27. The van der Waals surface area contributed by atoms with Crippen LogP contribution in [0, 0.1) is 0 Å². The van der Waals surface area contributed by atoms with Gasteiger partial charge in [0.2, 0.25) is 5.91 Å². The van der Waals surface area contributed by atoms with Crippen LogP contribution in [0.15, 0.2) is 24.3 Å². The predicted octanol–water partition coefficient (Wildman–Crippen LogP) is 2.48. The lowest BCUT2D eigenvalue weighted by Gasteiger charge is -2.39. The van der Waals surface area contributed by atoms with E-state index >= 15 is 0 Å². The van der Waals surface area contributed by atoms with Crippen molar-refractivity contribution in [2.45, 2.75) is 57.2 Å². The highest BCUT2D eigenvalue weighted by molar-refractivity contribution is 7.91. The summed E-state index contributed by atoms with van der Waals surface area (Å²) in [4.78, 5) is 17.2. The second-order valence-electron chi connectivity index (χ2n) is 8.17. The number of rotatable bonds is 7. The van der Waals surface area contributed by atoms with E-state index in [0.717, 1.165) is 37.0 Å². The molecule has 0 N–H and O–H groups in total. The average Bonchev–Trinajstić information content (AvgIpc) is 3.02. The number of carbonyl (C=O) groups is 1. The molecule has 1 unspecified atom stereocenters. The molecule has 0 spiro atoms. The van der Waals surface area contributed by atoms with Crippen LogP contribution in [0.4, 0.5) is 0 Å². The van der Waals surface area contributed by atoms with E-state index in [9.17, 15) is 13.2 Å². The lowest BCUT2D eigenvalue weighted by molar-refractivity contribution is -0.137. The van der Waals surface area contributed by atoms with Crippen molar-refractivity contribution in [3.8, 4) is 5.75 Å². The molecule has 2 aliphatic rings. The van der Waals surface area contributed by atoms with Gasteiger partial charge in [-0.2, -0.15) is 0 Å². The van der Waals surface area contributed by atoms with E-state index in [-0.39, 0.29) is 29.5 Å². The zero-order valence-electron chi connectivity index (χ0n) is 17.0. The molecule has 1 aromatic carbocycles. The first-order valence-electron chi connectivity index (χ1n) is 10.2. The normalized spacial score (nSPS) is 22.3. The fourth-order valence-corrected chi connectivity index (χ4v) is 6.22. The Morgan fingerprint density at radius 2 is 1.89 bits per heavy atom. The molecule has 1 amide bonds. The Morgan fingerprint density at radius 1 is 1.14 bits per heavy atom. The van der Waals surface area contributed by atoms with E-state index in [4.69, 9.17) is 4.74 Å². The number of nitrogens with zero attached hydrogens (tertiary/aromatic N) is 2. The Hall–Kier alpha value is -1.60. The van der Waals surface area contributed by atoms with Gasteiger partial charge >= 0.3 is 0 Å². The molecule has 156 valence electrons. The fourth-order valence-electron chi connectivity index (χ4n) is 4.51. The van der Waals surface area contributed by atoms with Gasteiger partial charge in [-0.25, -0.2) is 8.42 Å². The maximum atomic E-state index is 13.2. The highest BCUT2D eigenvalue weighted by atomic mass is 32.2. The van der Waals surface area contributed by atoms with Crippen molar-refractivity contribution in [3.63, 3.8) is 0 Å². The second-order valence-corrected chi connectivity index (χ2v) is 10.4. The van der Waals surface area contributed by atoms with Crippen LogP contribution in [0.1, 0.15) is 44.1 Å². The average molecular weight is 409 g/mol. The molecule has 7 heteroatoms.